The van der Waals surface area contributed by atoms with E-state index in [1.54, 1.807) is 6.20 Å². The van der Waals surface area contributed by atoms with Gasteiger partial charge < -0.3 is 10.1 Å². The van der Waals surface area contributed by atoms with Crippen LogP contribution in [0.25, 0.3) is 0 Å². The minimum absolute atomic E-state index is 0.0719. The number of hydrogen-bond donors (Lipinski definition) is 1. The van der Waals surface area contributed by atoms with Crippen LogP contribution in [0.15, 0.2) is 36.7 Å². The Labute approximate surface area is 117 Å². The first-order valence-electron chi connectivity index (χ1n) is 6.80. The molecule has 0 saturated carbocycles. The molecule has 0 saturated heterocycles. The first-order chi connectivity index (χ1) is 9.76. The van der Waals surface area contributed by atoms with Crippen LogP contribution in [0.1, 0.15) is 12.5 Å². The van der Waals surface area contributed by atoms with Crippen LogP contribution in [0.5, 0.6) is 5.75 Å². The number of ether oxygens (including phenoxy) is 1. The van der Waals surface area contributed by atoms with E-state index in [1.807, 2.05) is 42.1 Å². The zero-order chi connectivity index (χ0) is 13.9. The molecule has 0 aliphatic carbocycles. The number of aryl methyl sites for hydroxylation is 1. The van der Waals surface area contributed by atoms with Gasteiger partial charge in [0, 0.05) is 19.2 Å². The summed E-state index contributed by atoms with van der Waals surface area (Å²) in [5.41, 5.74) is 1.87. The van der Waals surface area contributed by atoms with Gasteiger partial charge in [0.05, 0.1) is 18.4 Å². The first-order valence-corrected chi connectivity index (χ1v) is 6.80. The molecule has 3 rings (SSSR count). The predicted octanol–water partition coefficient (Wildman–Crippen LogP) is 1.89. The molecule has 2 aromatic rings. The standard InChI is InChI=1S/C15H17N3O2/c1-2-18-10-11(8-17-18)7-13(19)15-9-16-12-5-3-4-6-14(12)20-15/h3-6,8,10,15-16H,2,7,9H2,1H3. The molecule has 2 heterocycles. The summed E-state index contributed by atoms with van der Waals surface area (Å²) in [6.07, 6.45) is 3.57. The smallest absolute Gasteiger partial charge is 0.179 e. The fraction of sp³-hybridized carbons (Fsp3) is 0.333. The Balaban J connectivity index is 1.67. The lowest BCUT2D eigenvalue weighted by Gasteiger charge is -2.26. The number of para-hydroxylation sites is 2. The summed E-state index contributed by atoms with van der Waals surface area (Å²) in [7, 11) is 0. The number of hydrogen-bond acceptors (Lipinski definition) is 4. The lowest BCUT2D eigenvalue weighted by molar-refractivity contribution is -0.124. The van der Waals surface area contributed by atoms with Gasteiger partial charge in [0.2, 0.25) is 0 Å². The topological polar surface area (TPSA) is 56.2 Å². The maximum Gasteiger partial charge on any atom is 0.179 e. The third kappa shape index (κ3) is 2.52. The van der Waals surface area contributed by atoms with Crippen molar-refractivity contribution < 1.29 is 9.53 Å². The van der Waals surface area contributed by atoms with Gasteiger partial charge in [-0.25, -0.2) is 0 Å². The molecule has 1 atom stereocenters. The number of fused-ring (bicyclic) bond motifs is 1. The molecule has 1 N–H and O–H groups in total. The number of benzene rings is 1. The van der Waals surface area contributed by atoms with Gasteiger partial charge in [0.15, 0.2) is 11.9 Å². The Morgan fingerprint density at radius 3 is 3.15 bits per heavy atom. The van der Waals surface area contributed by atoms with E-state index in [9.17, 15) is 4.79 Å². The van der Waals surface area contributed by atoms with Crippen molar-refractivity contribution in [1.29, 1.82) is 0 Å². The van der Waals surface area contributed by atoms with E-state index >= 15 is 0 Å². The fourth-order valence-electron chi connectivity index (χ4n) is 2.28. The van der Waals surface area contributed by atoms with Crippen molar-refractivity contribution in [3.05, 3.63) is 42.2 Å². The molecule has 1 unspecified atom stereocenters. The third-order valence-corrected chi connectivity index (χ3v) is 3.38. The molecule has 1 aliphatic heterocycles. The number of Topliss-reactive ketones (excluding diaryl/α,β-unsaturated/α-hetero) is 1. The van der Waals surface area contributed by atoms with Crippen LogP contribution in [-0.2, 0) is 17.8 Å². The van der Waals surface area contributed by atoms with Gasteiger partial charge in [0.1, 0.15) is 5.75 Å². The van der Waals surface area contributed by atoms with Gasteiger partial charge in [-0.1, -0.05) is 12.1 Å². The summed E-state index contributed by atoms with van der Waals surface area (Å²) in [5, 5.41) is 7.41. The normalized spacial score (nSPS) is 16.9. The lowest BCUT2D eigenvalue weighted by Crippen LogP contribution is -2.38. The van der Waals surface area contributed by atoms with Gasteiger partial charge in [-0.05, 0) is 24.6 Å². The number of anilines is 1. The van der Waals surface area contributed by atoms with E-state index in [0.717, 1.165) is 23.5 Å². The molecule has 1 aromatic heterocycles. The van der Waals surface area contributed by atoms with Crippen molar-refractivity contribution in [1.82, 2.24) is 9.78 Å². The van der Waals surface area contributed by atoms with Gasteiger partial charge in [-0.2, -0.15) is 5.10 Å². The minimum atomic E-state index is -0.435. The maximum atomic E-state index is 12.3. The number of nitrogens with one attached hydrogen (secondary N) is 1. The second-order valence-electron chi connectivity index (χ2n) is 4.83. The van der Waals surface area contributed by atoms with E-state index in [2.05, 4.69) is 10.4 Å². The zero-order valence-corrected chi connectivity index (χ0v) is 11.4. The van der Waals surface area contributed by atoms with E-state index in [-0.39, 0.29) is 5.78 Å². The Hall–Kier alpha value is -2.30. The zero-order valence-electron chi connectivity index (χ0n) is 11.4. The quantitative estimate of drug-likeness (QED) is 0.922. The first kappa shape index (κ1) is 12.7. The molecule has 0 amide bonds. The summed E-state index contributed by atoms with van der Waals surface area (Å²) in [4.78, 5) is 12.3. The lowest BCUT2D eigenvalue weighted by atomic mass is 10.1. The molecule has 5 heteroatoms. The van der Waals surface area contributed by atoms with Crippen LogP contribution in [0.3, 0.4) is 0 Å². The van der Waals surface area contributed by atoms with E-state index in [1.165, 1.54) is 0 Å². The van der Waals surface area contributed by atoms with Crippen molar-refractivity contribution in [2.45, 2.75) is 26.0 Å². The van der Waals surface area contributed by atoms with Gasteiger partial charge >= 0.3 is 0 Å². The number of aromatic nitrogens is 2. The van der Waals surface area contributed by atoms with E-state index in [0.29, 0.717) is 13.0 Å². The molecule has 0 fully saturated rings. The second kappa shape index (κ2) is 5.36. The van der Waals surface area contributed by atoms with E-state index < -0.39 is 6.10 Å². The second-order valence-corrected chi connectivity index (χ2v) is 4.83. The van der Waals surface area contributed by atoms with Crippen molar-refractivity contribution in [3.63, 3.8) is 0 Å². The van der Waals surface area contributed by atoms with Crippen LogP contribution >= 0.6 is 0 Å². The van der Waals surface area contributed by atoms with E-state index in [4.69, 9.17) is 4.74 Å². The molecule has 1 aromatic carbocycles. The Bertz CT molecular complexity index is 621. The number of carbonyl (C=O) groups is 1. The van der Waals surface area contributed by atoms with Crippen LogP contribution in [0, 0.1) is 0 Å². The molecule has 5 nitrogen and oxygen atoms in total. The van der Waals surface area contributed by atoms with Crippen LogP contribution in [0.4, 0.5) is 5.69 Å². The van der Waals surface area contributed by atoms with Crippen molar-refractivity contribution >= 4 is 11.5 Å². The van der Waals surface area contributed by atoms with Gasteiger partial charge in [0.25, 0.3) is 0 Å². The third-order valence-electron chi connectivity index (χ3n) is 3.38. The largest absolute Gasteiger partial charge is 0.479 e. The Kier molecular flexibility index (Phi) is 3.41. The number of carbonyl (C=O) groups excluding carboxylic acids is 1. The summed E-state index contributed by atoms with van der Waals surface area (Å²) >= 11 is 0. The highest BCUT2D eigenvalue weighted by atomic mass is 16.5. The highest BCUT2D eigenvalue weighted by Crippen LogP contribution is 2.28. The van der Waals surface area contributed by atoms with Gasteiger partial charge in [-0.15, -0.1) is 0 Å². The van der Waals surface area contributed by atoms with Gasteiger partial charge in [-0.3, -0.25) is 9.48 Å². The van der Waals surface area contributed by atoms with Crippen molar-refractivity contribution in [3.8, 4) is 5.75 Å². The highest BCUT2D eigenvalue weighted by molar-refractivity contribution is 5.86. The SMILES string of the molecule is CCn1cc(CC(=O)C2CNc3ccccc3O2)cn1. The Morgan fingerprint density at radius 1 is 1.50 bits per heavy atom. The number of nitrogens with zero attached hydrogens (tertiary/aromatic N) is 2. The monoisotopic (exact) mass is 271 g/mol. The molecular weight excluding hydrogens is 254 g/mol. The Morgan fingerprint density at radius 2 is 2.35 bits per heavy atom. The molecule has 0 spiro atoms. The molecule has 0 bridgehead atoms. The van der Waals surface area contributed by atoms with Crippen LogP contribution in [-0.4, -0.2) is 28.2 Å². The summed E-state index contributed by atoms with van der Waals surface area (Å²) in [5.74, 6) is 0.809. The highest BCUT2D eigenvalue weighted by Gasteiger charge is 2.25. The molecule has 20 heavy (non-hydrogen) atoms. The molecule has 0 radical (unpaired) electrons. The fourth-order valence-corrected chi connectivity index (χ4v) is 2.28. The maximum absolute atomic E-state index is 12.3. The average Bonchev–Trinajstić information content (AvgIpc) is 2.94. The molecule has 1 aliphatic rings. The van der Waals surface area contributed by atoms with Crippen molar-refractivity contribution in [2.75, 3.05) is 11.9 Å². The number of ketones is 1. The van der Waals surface area contributed by atoms with Crippen LogP contribution < -0.4 is 10.1 Å². The summed E-state index contributed by atoms with van der Waals surface area (Å²) in [6, 6.07) is 7.66. The average molecular weight is 271 g/mol. The number of rotatable bonds is 4. The summed E-state index contributed by atoms with van der Waals surface area (Å²) < 4.78 is 7.58. The van der Waals surface area contributed by atoms with Crippen molar-refractivity contribution in [2.24, 2.45) is 0 Å². The molecular formula is C15H17N3O2. The van der Waals surface area contributed by atoms with Crippen LogP contribution in [0.2, 0.25) is 0 Å². The minimum Gasteiger partial charge on any atom is -0.479 e. The molecule has 104 valence electrons. The summed E-state index contributed by atoms with van der Waals surface area (Å²) in [6.45, 7) is 3.34. The predicted molar refractivity (Wildman–Crippen MR) is 76.0 cm³/mol.